The molecular formula is C14H14ClNO3S. The maximum absolute atomic E-state index is 12.1. The van der Waals surface area contributed by atoms with Crippen molar-refractivity contribution in [3.8, 4) is 5.75 Å². The van der Waals surface area contributed by atoms with E-state index in [9.17, 15) is 8.42 Å². The minimum Gasteiger partial charge on any atom is -0.490 e. The molecule has 2 aromatic carbocycles. The van der Waals surface area contributed by atoms with Crippen LogP contribution >= 0.6 is 11.6 Å². The summed E-state index contributed by atoms with van der Waals surface area (Å²) in [6.45, 7) is 0.0156. The zero-order valence-corrected chi connectivity index (χ0v) is 12.2. The van der Waals surface area contributed by atoms with Crippen molar-refractivity contribution in [2.45, 2.75) is 4.90 Å². The molecule has 0 fully saturated rings. The van der Waals surface area contributed by atoms with Crippen LogP contribution in [-0.2, 0) is 9.84 Å². The molecule has 0 saturated heterocycles. The lowest BCUT2D eigenvalue weighted by Gasteiger charge is -2.09. The van der Waals surface area contributed by atoms with Gasteiger partial charge in [-0.15, -0.1) is 0 Å². The number of benzene rings is 2. The number of halogens is 1. The van der Waals surface area contributed by atoms with Crippen molar-refractivity contribution in [3.05, 3.63) is 53.6 Å². The summed E-state index contributed by atoms with van der Waals surface area (Å²) >= 11 is 5.89. The van der Waals surface area contributed by atoms with E-state index in [0.29, 0.717) is 11.4 Å². The number of rotatable bonds is 5. The van der Waals surface area contributed by atoms with Crippen molar-refractivity contribution in [1.82, 2.24) is 0 Å². The molecule has 0 amide bonds. The Kier molecular flexibility index (Phi) is 4.52. The van der Waals surface area contributed by atoms with Crippen LogP contribution in [0.3, 0.4) is 0 Å². The highest BCUT2D eigenvalue weighted by molar-refractivity contribution is 7.91. The van der Waals surface area contributed by atoms with E-state index in [2.05, 4.69) is 0 Å². The van der Waals surface area contributed by atoms with Crippen molar-refractivity contribution in [2.75, 3.05) is 18.1 Å². The van der Waals surface area contributed by atoms with E-state index in [1.807, 2.05) is 0 Å². The van der Waals surface area contributed by atoms with Crippen LogP contribution in [-0.4, -0.2) is 20.8 Å². The SMILES string of the molecule is Nc1ccccc1OCCS(=O)(=O)c1ccccc1Cl. The molecule has 0 spiro atoms. The Labute approximate surface area is 123 Å². The monoisotopic (exact) mass is 311 g/mol. The highest BCUT2D eigenvalue weighted by Crippen LogP contribution is 2.23. The average Bonchev–Trinajstić information content (AvgIpc) is 2.41. The summed E-state index contributed by atoms with van der Waals surface area (Å²) in [7, 11) is -3.47. The molecule has 0 aliphatic rings. The van der Waals surface area contributed by atoms with Gasteiger partial charge in [0.25, 0.3) is 0 Å². The van der Waals surface area contributed by atoms with E-state index >= 15 is 0 Å². The lowest BCUT2D eigenvalue weighted by molar-refractivity contribution is 0.342. The first-order chi connectivity index (χ1) is 9.50. The number of para-hydroxylation sites is 2. The van der Waals surface area contributed by atoms with Crippen LogP contribution in [0.1, 0.15) is 0 Å². The Morgan fingerprint density at radius 1 is 1.05 bits per heavy atom. The van der Waals surface area contributed by atoms with Gasteiger partial charge < -0.3 is 10.5 Å². The van der Waals surface area contributed by atoms with E-state index in [0.717, 1.165) is 0 Å². The van der Waals surface area contributed by atoms with Crippen LogP contribution in [0.5, 0.6) is 5.75 Å². The highest BCUT2D eigenvalue weighted by atomic mass is 35.5. The van der Waals surface area contributed by atoms with E-state index in [-0.39, 0.29) is 22.3 Å². The molecule has 0 bridgehead atoms. The predicted octanol–water partition coefficient (Wildman–Crippen LogP) is 2.77. The second-order valence-corrected chi connectivity index (χ2v) is 6.62. The van der Waals surface area contributed by atoms with Crippen LogP contribution in [0.15, 0.2) is 53.4 Å². The Hall–Kier alpha value is -1.72. The molecule has 6 heteroatoms. The Morgan fingerprint density at radius 2 is 1.70 bits per heavy atom. The molecular weight excluding hydrogens is 298 g/mol. The molecule has 0 aromatic heterocycles. The van der Waals surface area contributed by atoms with Gasteiger partial charge in [0, 0.05) is 0 Å². The Balaban J connectivity index is 2.04. The van der Waals surface area contributed by atoms with Gasteiger partial charge in [-0.2, -0.15) is 0 Å². The van der Waals surface area contributed by atoms with E-state index < -0.39 is 9.84 Å². The van der Waals surface area contributed by atoms with Crippen molar-refractivity contribution in [3.63, 3.8) is 0 Å². The number of hydrogen-bond donors (Lipinski definition) is 1. The fourth-order valence-electron chi connectivity index (χ4n) is 1.68. The minimum atomic E-state index is -3.47. The number of sulfone groups is 1. The third-order valence-electron chi connectivity index (χ3n) is 2.70. The summed E-state index contributed by atoms with van der Waals surface area (Å²) in [5, 5.41) is 0.215. The molecule has 2 N–H and O–H groups in total. The van der Waals surface area contributed by atoms with Gasteiger partial charge in [-0.1, -0.05) is 35.9 Å². The first-order valence-corrected chi connectivity index (χ1v) is 7.98. The number of nitrogens with two attached hydrogens (primary N) is 1. The Bertz CT molecular complexity index is 701. The average molecular weight is 312 g/mol. The van der Waals surface area contributed by atoms with Crippen molar-refractivity contribution >= 4 is 27.1 Å². The molecule has 0 unspecified atom stereocenters. The molecule has 0 radical (unpaired) electrons. The number of hydrogen-bond acceptors (Lipinski definition) is 4. The van der Waals surface area contributed by atoms with Crippen LogP contribution in [0.25, 0.3) is 0 Å². The molecule has 0 heterocycles. The third-order valence-corrected chi connectivity index (χ3v) is 4.87. The predicted molar refractivity (Wildman–Crippen MR) is 79.9 cm³/mol. The van der Waals surface area contributed by atoms with Gasteiger partial charge in [-0.05, 0) is 24.3 Å². The van der Waals surface area contributed by atoms with Gasteiger partial charge in [0.1, 0.15) is 12.4 Å². The number of nitrogen functional groups attached to an aromatic ring is 1. The normalized spacial score (nSPS) is 11.2. The largest absolute Gasteiger partial charge is 0.490 e. The fraction of sp³-hybridized carbons (Fsp3) is 0.143. The van der Waals surface area contributed by atoms with Gasteiger partial charge >= 0.3 is 0 Å². The van der Waals surface area contributed by atoms with Crippen LogP contribution < -0.4 is 10.5 Å². The lowest BCUT2D eigenvalue weighted by atomic mass is 10.3. The summed E-state index contributed by atoms with van der Waals surface area (Å²) < 4.78 is 29.7. The first kappa shape index (κ1) is 14.7. The zero-order chi connectivity index (χ0) is 14.6. The molecule has 2 aromatic rings. The third kappa shape index (κ3) is 3.43. The second kappa shape index (κ2) is 6.15. The smallest absolute Gasteiger partial charge is 0.183 e. The number of anilines is 1. The topological polar surface area (TPSA) is 69.4 Å². The van der Waals surface area contributed by atoms with Crippen LogP contribution in [0.2, 0.25) is 5.02 Å². The second-order valence-electron chi connectivity index (χ2n) is 4.14. The maximum atomic E-state index is 12.1. The minimum absolute atomic E-state index is 0.0156. The summed E-state index contributed by atoms with van der Waals surface area (Å²) in [4.78, 5) is 0.117. The summed E-state index contributed by atoms with van der Waals surface area (Å²) in [6.07, 6.45) is 0. The molecule has 0 atom stereocenters. The fourth-order valence-corrected chi connectivity index (χ4v) is 3.34. The highest BCUT2D eigenvalue weighted by Gasteiger charge is 2.17. The van der Waals surface area contributed by atoms with Gasteiger partial charge in [0.05, 0.1) is 21.4 Å². The molecule has 4 nitrogen and oxygen atoms in total. The Morgan fingerprint density at radius 3 is 2.40 bits per heavy atom. The zero-order valence-electron chi connectivity index (χ0n) is 10.6. The molecule has 106 valence electrons. The summed E-state index contributed by atoms with van der Waals surface area (Å²) in [5.74, 6) is 0.312. The van der Waals surface area contributed by atoms with Crippen LogP contribution in [0, 0.1) is 0 Å². The van der Waals surface area contributed by atoms with Gasteiger partial charge in [0.2, 0.25) is 0 Å². The lowest BCUT2D eigenvalue weighted by Crippen LogP contribution is -2.15. The first-order valence-electron chi connectivity index (χ1n) is 5.95. The molecule has 0 aliphatic heterocycles. The van der Waals surface area contributed by atoms with Gasteiger partial charge in [-0.3, -0.25) is 0 Å². The summed E-state index contributed by atoms with van der Waals surface area (Å²) in [5.41, 5.74) is 6.18. The van der Waals surface area contributed by atoms with E-state index in [1.165, 1.54) is 6.07 Å². The van der Waals surface area contributed by atoms with Crippen LogP contribution in [0.4, 0.5) is 5.69 Å². The quantitative estimate of drug-likeness (QED) is 0.862. The molecule has 20 heavy (non-hydrogen) atoms. The summed E-state index contributed by atoms with van der Waals surface area (Å²) in [6, 6.07) is 13.3. The molecule has 0 saturated carbocycles. The van der Waals surface area contributed by atoms with Gasteiger partial charge in [0.15, 0.2) is 9.84 Å². The van der Waals surface area contributed by atoms with Crippen molar-refractivity contribution in [1.29, 1.82) is 0 Å². The van der Waals surface area contributed by atoms with Crippen molar-refractivity contribution in [2.24, 2.45) is 0 Å². The molecule has 2 rings (SSSR count). The molecule has 0 aliphatic carbocycles. The standard InChI is InChI=1S/C14H14ClNO3S/c15-11-5-1-4-8-14(11)20(17,18)10-9-19-13-7-3-2-6-12(13)16/h1-8H,9-10,16H2. The van der Waals surface area contributed by atoms with Crippen molar-refractivity contribution < 1.29 is 13.2 Å². The van der Waals surface area contributed by atoms with Gasteiger partial charge in [-0.25, -0.2) is 8.42 Å². The number of ether oxygens (including phenoxy) is 1. The maximum Gasteiger partial charge on any atom is 0.183 e. The van der Waals surface area contributed by atoms with E-state index in [1.54, 1.807) is 42.5 Å². The van der Waals surface area contributed by atoms with E-state index in [4.69, 9.17) is 22.1 Å².